The van der Waals surface area contributed by atoms with Gasteiger partial charge in [-0.05, 0) is 31.0 Å². The number of thioether (sulfide) groups is 1. The van der Waals surface area contributed by atoms with Crippen molar-refractivity contribution in [1.82, 2.24) is 10.6 Å². The molecule has 0 aromatic heterocycles. The van der Waals surface area contributed by atoms with Crippen LogP contribution in [0, 0.1) is 0 Å². The SMILES string of the molecule is CC1CC(SCc2ccc(Br)cc2)NC(=O)N1. The van der Waals surface area contributed by atoms with Crippen LogP contribution in [0.15, 0.2) is 28.7 Å². The van der Waals surface area contributed by atoms with Gasteiger partial charge >= 0.3 is 6.03 Å². The van der Waals surface area contributed by atoms with Crippen molar-refractivity contribution in [3.63, 3.8) is 0 Å². The Hall–Kier alpha value is -0.680. The van der Waals surface area contributed by atoms with Gasteiger partial charge in [0.25, 0.3) is 0 Å². The molecule has 0 radical (unpaired) electrons. The zero-order chi connectivity index (χ0) is 12.3. The van der Waals surface area contributed by atoms with Crippen molar-refractivity contribution in [3.8, 4) is 0 Å². The maximum absolute atomic E-state index is 11.3. The van der Waals surface area contributed by atoms with E-state index in [1.807, 2.05) is 19.1 Å². The minimum Gasteiger partial charge on any atom is -0.336 e. The zero-order valence-electron chi connectivity index (χ0n) is 9.57. The maximum atomic E-state index is 11.3. The lowest BCUT2D eigenvalue weighted by molar-refractivity contribution is 0.228. The van der Waals surface area contributed by atoms with Crippen LogP contribution >= 0.6 is 27.7 Å². The normalized spacial score (nSPS) is 24.0. The molecule has 2 atom stereocenters. The molecule has 2 rings (SSSR count). The minimum absolute atomic E-state index is 0.0583. The Bertz CT molecular complexity index is 396. The molecule has 0 bridgehead atoms. The molecule has 1 aliphatic heterocycles. The van der Waals surface area contributed by atoms with Gasteiger partial charge in [-0.2, -0.15) is 0 Å². The second kappa shape index (κ2) is 5.78. The van der Waals surface area contributed by atoms with Crippen LogP contribution in [0.25, 0.3) is 0 Å². The van der Waals surface area contributed by atoms with E-state index in [0.29, 0.717) is 0 Å². The van der Waals surface area contributed by atoms with E-state index in [9.17, 15) is 4.79 Å². The number of amides is 2. The van der Waals surface area contributed by atoms with Crippen LogP contribution in [0.1, 0.15) is 18.9 Å². The van der Waals surface area contributed by atoms with E-state index in [2.05, 4.69) is 38.7 Å². The number of carbonyl (C=O) groups excluding carboxylic acids is 1. The number of hydrogen-bond donors (Lipinski definition) is 2. The van der Waals surface area contributed by atoms with Crippen molar-refractivity contribution in [2.75, 3.05) is 0 Å². The summed E-state index contributed by atoms with van der Waals surface area (Å²) in [6.07, 6.45) is 0.965. The molecule has 1 aliphatic rings. The van der Waals surface area contributed by atoms with Crippen LogP contribution in [-0.4, -0.2) is 17.4 Å². The third kappa shape index (κ3) is 3.92. The molecular formula is C12H15BrN2OS. The summed E-state index contributed by atoms with van der Waals surface area (Å²) in [5.41, 5.74) is 1.28. The van der Waals surface area contributed by atoms with Crippen LogP contribution in [0.4, 0.5) is 4.79 Å². The molecule has 2 N–H and O–H groups in total. The molecule has 3 nitrogen and oxygen atoms in total. The molecule has 0 aliphatic carbocycles. The Kier molecular flexibility index (Phi) is 4.34. The first-order valence-corrected chi connectivity index (χ1v) is 7.41. The number of halogens is 1. The van der Waals surface area contributed by atoms with Crippen molar-refractivity contribution in [2.45, 2.75) is 30.5 Å². The van der Waals surface area contributed by atoms with Crippen molar-refractivity contribution in [3.05, 3.63) is 34.3 Å². The molecular weight excluding hydrogens is 300 g/mol. The highest BCUT2D eigenvalue weighted by atomic mass is 79.9. The first kappa shape index (κ1) is 12.8. The number of urea groups is 1. The topological polar surface area (TPSA) is 41.1 Å². The highest BCUT2D eigenvalue weighted by Gasteiger charge is 2.22. The fraction of sp³-hybridized carbons (Fsp3) is 0.417. The van der Waals surface area contributed by atoms with E-state index in [1.165, 1.54) is 5.56 Å². The summed E-state index contributed by atoms with van der Waals surface area (Å²) in [4.78, 5) is 11.3. The lowest BCUT2D eigenvalue weighted by atomic mass is 10.2. The van der Waals surface area contributed by atoms with E-state index in [-0.39, 0.29) is 17.4 Å². The van der Waals surface area contributed by atoms with Crippen molar-refractivity contribution in [1.29, 1.82) is 0 Å². The molecule has 17 heavy (non-hydrogen) atoms. The molecule has 5 heteroatoms. The number of carbonyl (C=O) groups is 1. The number of rotatable bonds is 3. The quantitative estimate of drug-likeness (QED) is 0.900. The number of benzene rings is 1. The highest BCUT2D eigenvalue weighted by Crippen LogP contribution is 2.22. The first-order chi connectivity index (χ1) is 8.13. The molecule has 1 saturated heterocycles. The minimum atomic E-state index is -0.0583. The lowest BCUT2D eigenvalue weighted by Crippen LogP contribution is -2.52. The molecule has 2 amide bonds. The Morgan fingerprint density at radius 3 is 2.71 bits per heavy atom. The number of nitrogens with one attached hydrogen (secondary N) is 2. The van der Waals surface area contributed by atoms with E-state index < -0.39 is 0 Å². The van der Waals surface area contributed by atoms with Gasteiger partial charge in [-0.3, -0.25) is 0 Å². The maximum Gasteiger partial charge on any atom is 0.315 e. The monoisotopic (exact) mass is 314 g/mol. The molecule has 1 fully saturated rings. The van der Waals surface area contributed by atoms with Gasteiger partial charge in [0.1, 0.15) is 0 Å². The summed E-state index contributed by atoms with van der Waals surface area (Å²) in [7, 11) is 0. The Balaban J connectivity index is 1.85. The first-order valence-electron chi connectivity index (χ1n) is 5.56. The van der Waals surface area contributed by atoms with Gasteiger partial charge in [-0.15, -0.1) is 11.8 Å². The van der Waals surface area contributed by atoms with Gasteiger partial charge in [-0.25, -0.2) is 4.79 Å². The van der Waals surface area contributed by atoms with Gasteiger partial charge in [0, 0.05) is 16.3 Å². The molecule has 1 aromatic rings. The average molecular weight is 315 g/mol. The van der Waals surface area contributed by atoms with E-state index in [1.54, 1.807) is 11.8 Å². The summed E-state index contributed by atoms with van der Waals surface area (Å²) in [6, 6.07) is 8.48. The largest absolute Gasteiger partial charge is 0.336 e. The predicted octanol–water partition coefficient (Wildman–Crippen LogP) is 3.10. The molecule has 0 saturated carbocycles. The van der Waals surface area contributed by atoms with Crippen molar-refractivity contribution in [2.24, 2.45) is 0 Å². The van der Waals surface area contributed by atoms with Gasteiger partial charge in [0.2, 0.25) is 0 Å². The van der Waals surface area contributed by atoms with E-state index in [0.717, 1.165) is 16.6 Å². The Morgan fingerprint density at radius 2 is 2.06 bits per heavy atom. The third-order valence-corrected chi connectivity index (χ3v) is 4.34. The molecule has 92 valence electrons. The Morgan fingerprint density at radius 1 is 1.35 bits per heavy atom. The van der Waals surface area contributed by atoms with Crippen molar-refractivity contribution < 1.29 is 4.79 Å². The third-order valence-electron chi connectivity index (χ3n) is 2.60. The molecule has 1 aromatic carbocycles. The van der Waals surface area contributed by atoms with Crippen LogP contribution < -0.4 is 10.6 Å². The lowest BCUT2D eigenvalue weighted by Gasteiger charge is -2.28. The summed E-state index contributed by atoms with van der Waals surface area (Å²) in [6.45, 7) is 2.03. The predicted molar refractivity (Wildman–Crippen MR) is 75.0 cm³/mol. The summed E-state index contributed by atoms with van der Waals surface area (Å²) in [5, 5.41) is 5.99. The molecule has 1 heterocycles. The summed E-state index contributed by atoms with van der Waals surface area (Å²) < 4.78 is 1.09. The van der Waals surface area contributed by atoms with E-state index in [4.69, 9.17) is 0 Å². The average Bonchev–Trinajstić information content (AvgIpc) is 2.27. The number of hydrogen-bond acceptors (Lipinski definition) is 2. The molecule has 0 spiro atoms. The zero-order valence-corrected chi connectivity index (χ0v) is 12.0. The van der Waals surface area contributed by atoms with E-state index >= 15 is 0 Å². The van der Waals surface area contributed by atoms with Crippen LogP contribution in [-0.2, 0) is 5.75 Å². The Labute approximate surface area is 114 Å². The fourth-order valence-corrected chi connectivity index (χ4v) is 3.20. The van der Waals surface area contributed by atoms with Gasteiger partial charge in [-0.1, -0.05) is 28.1 Å². The summed E-state index contributed by atoms with van der Waals surface area (Å²) in [5.74, 6) is 0.922. The van der Waals surface area contributed by atoms with Gasteiger partial charge < -0.3 is 10.6 Å². The summed E-state index contributed by atoms with van der Waals surface area (Å²) >= 11 is 5.19. The smallest absolute Gasteiger partial charge is 0.315 e. The van der Waals surface area contributed by atoms with Crippen molar-refractivity contribution >= 4 is 33.7 Å². The van der Waals surface area contributed by atoms with Crippen LogP contribution in [0.2, 0.25) is 0 Å². The highest BCUT2D eigenvalue weighted by molar-refractivity contribution is 9.10. The second-order valence-corrected chi connectivity index (χ2v) is 6.29. The van der Waals surface area contributed by atoms with Gasteiger partial charge in [0.05, 0.1) is 5.37 Å². The fourth-order valence-electron chi connectivity index (χ4n) is 1.74. The molecule has 2 unspecified atom stereocenters. The van der Waals surface area contributed by atoms with Crippen LogP contribution in [0.3, 0.4) is 0 Å². The van der Waals surface area contributed by atoms with Crippen LogP contribution in [0.5, 0.6) is 0 Å². The second-order valence-electron chi connectivity index (χ2n) is 4.18. The standard InChI is InChI=1S/C12H15BrN2OS/c1-8-6-11(15-12(16)14-8)17-7-9-2-4-10(13)5-3-9/h2-5,8,11H,6-7H2,1H3,(H2,14,15,16). The van der Waals surface area contributed by atoms with Gasteiger partial charge in [0.15, 0.2) is 0 Å².